The van der Waals surface area contributed by atoms with Crippen LogP contribution >= 0.6 is 15.9 Å². The average Bonchev–Trinajstić information content (AvgIpc) is 2.78. The SMILES string of the molecule is COC(=O)C1=C(C#N)N(CCCCCCBr)C(C)C(C(=O)O)=C1c1cccc([N+](=O)[O-])c1. The Bertz CT molecular complexity index is 1010. The van der Waals surface area contributed by atoms with Crippen molar-refractivity contribution >= 4 is 39.1 Å². The lowest BCUT2D eigenvalue weighted by atomic mass is 9.84. The van der Waals surface area contributed by atoms with E-state index in [-0.39, 0.29) is 33.7 Å². The minimum absolute atomic E-state index is 0.00338. The van der Waals surface area contributed by atoms with E-state index in [1.165, 1.54) is 24.3 Å². The summed E-state index contributed by atoms with van der Waals surface area (Å²) in [6.07, 6.45) is 3.56. The number of methoxy groups -OCH3 is 1. The number of allylic oxidation sites excluding steroid dienone is 1. The molecule has 1 atom stereocenters. The highest BCUT2D eigenvalue weighted by atomic mass is 79.9. The van der Waals surface area contributed by atoms with Crippen LogP contribution in [0.1, 0.15) is 38.2 Å². The summed E-state index contributed by atoms with van der Waals surface area (Å²) in [4.78, 5) is 37.3. The molecule has 0 fully saturated rings. The van der Waals surface area contributed by atoms with Crippen molar-refractivity contribution < 1.29 is 24.4 Å². The van der Waals surface area contributed by atoms with Crippen LogP contribution < -0.4 is 0 Å². The number of non-ortho nitro benzene ring substituents is 1. The van der Waals surface area contributed by atoms with E-state index in [9.17, 15) is 30.1 Å². The van der Waals surface area contributed by atoms with Crippen molar-refractivity contribution in [1.82, 2.24) is 4.90 Å². The van der Waals surface area contributed by atoms with Crippen LogP contribution in [0.15, 0.2) is 41.1 Å². The molecule has 0 amide bonds. The zero-order valence-electron chi connectivity index (χ0n) is 17.8. The molecule has 0 radical (unpaired) electrons. The lowest BCUT2D eigenvalue weighted by Crippen LogP contribution is -2.42. The van der Waals surface area contributed by atoms with Gasteiger partial charge in [-0.1, -0.05) is 40.9 Å². The van der Waals surface area contributed by atoms with E-state index >= 15 is 0 Å². The monoisotopic (exact) mass is 505 g/mol. The lowest BCUT2D eigenvalue weighted by Gasteiger charge is -2.37. The Hall–Kier alpha value is -3.19. The smallest absolute Gasteiger partial charge is 0.341 e. The number of rotatable bonds is 10. The van der Waals surface area contributed by atoms with Gasteiger partial charge in [-0.3, -0.25) is 10.1 Å². The first-order valence-corrected chi connectivity index (χ1v) is 11.2. The van der Waals surface area contributed by atoms with Crippen LogP contribution in [-0.2, 0) is 14.3 Å². The van der Waals surface area contributed by atoms with Gasteiger partial charge in [-0.25, -0.2) is 9.59 Å². The molecular formula is C22H24BrN3O6. The van der Waals surface area contributed by atoms with Crippen molar-refractivity contribution in [3.8, 4) is 6.07 Å². The topological polar surface area (TPSA) is 134 Å². The highest BCUT2D eigenvalue weighted by Crippen LogP contribution is 2.39. The van der Waals surface area contributed by atoms with Gasteiger partial charge < -0.3 is 14.7 Å². The van der Waals surface area contributed by atoms with Gasteiger partial charge in [0.15, 0.2) is 0 Å². The molecule has 10 heteroatoms. The molecule has 0 saturated heterocycles. The van der Waals surface area contributed by atoms with Gasteiger partial charge in [0.1, 0.15) is 17.3 Å². The molecule has 0 spiro atoms. The molecule has 1 aliphatic heterocycles. The molecule has 32 heavy (non-hydrogen) atoms. The molecule has 1 unspecified atom stereocenters. The van der Waals surface area contributed by atoms with Crippen molar-refractivity contribution in [3.05, 3.63) is 56.8 Å². The first kappa shape index (κ1) is 25.1. The number of aliphatic carboxylic acids is 1. The Morgan fingerprint density at radius 1 is 1.31 bits per heavy atom. The normalized spacial score (nSPS) is 16.1. The largest absolute Gasteiger partial charge is 0.478 e. The number of carbonyl (C=O) groups is 2. The van der Waals surface area contributed by atoms with Crippen LogP contribution in [0, 0.1) is 21.4 Å². The fourth-order valence-corrected chi connectivity index (χ4v) is 4.17. The van der Waals surface area contributed by atoms with Gasteiger partial charge in [-0.05, 0) is 25.3 Å². The van der Waals surface area contributed by atoms with E-state index < -0.39 is 22.9 Å². The number of esters is 1. The summed E-state index contributed by atoms with van der Waals surface area (Å²) in [5.41, 5.74) is -0.460. The van der Waals surface area contributed by atoms with E-state index in [2.05, 4.69) is 15.9 Å². The van der Waals surface area contributed by atoms with Crippen LogP contribution in [0.4, 0.5) is 5.69 Å². The molecule has 1 N–H and O–H groups in total. The van der Waals surface area contributed by atoms with Gasteiger partial charge in [0.25, 0.3) is 5.69 Å². The van der Waals surface area contributed by atoms with Gasteiger partial charge in [-0.15, -0.1) is 0 Å². The lowest BCUT2D eigenvalue weighted by molar-refractivity contribution is -0.384. The van der Waals surface area contributed by atoms with Crippen molar-refractivity contribution in [3.63, 3.8) is 0 Å². The fraction of sp³-hybridized carbons (Fsp3) is 0.409. The van der Waals surface area contributed by atoms with E-state index in [0.717, 1.165) is 31.7 Å². The van der Waals surface area contributed by atoms with Gasteiger partial charge in [0, 0.05) is 29.6 Å². The van der Waals surface area contributed by atoms with Crippen molar-refractivity contribution in [2.75, 3.05) is 19.0 Å². The van der Waals surface area contributed by atoms with E-state index in [0.29, 0.717) is 13.0 Å². The maximum absolute atomic E-state index is 12.8. The minimum atomic E-state index is -1.28. The molecule has 2 rings (SSSR count). The predicted molar refractivity (Wildman–Crippen MR) is 121 cm³/mol. The summed E-state index contributed by atoms with van der Waals surface area (Å²) in [7, 11) is 1.14. The molecule has 170 valence electrons. The number of nitriles is 1. The number of hydrogen-bond acceptors (Lipinski definition) is 7. The zero-order valence-corrected chi connectivity index (χ0v) is 19.4. The molecule has 0 aromatic heterocycles. The first-order valence-electron chi connectivity index (χ1n) is 10.1. The second-order valence-electron chi connectivity index (χ2n) is 7.20. The molecule has 0 saturated carbocycles. The molecule has 1 aromatic rings. The second-order valence-corrected chi connectivity index (χ2v) is 7.99. The molecule has 1 aliphatic rings. The maximum atomic E-state index is 12.8. The zero-order chi connectivity index (χ0) is 23.8. The number of hydrogen-bond donors (Lipinski definition) is 1. The van der Waals surface area contributed by atoms with Gasteiger partial charge in [-0.2, -0.15) is 5.26 Å². The average molecular weight is 506 g/mol. The van der Waals surface area contributed by atoms with Crippen LogP contribution in [-0.4, -0.2) is 51.9 Å². The van der Waals surface area contributed by atoms with Crippen LogP contribution in [0.5, 0.6) is 0 Å². The van der Waals surface area contributed by atoms with Crippen LogP contribution in [0.3, 0.4) is 0 Å². The summed E-state index contributed by atoms with van der Waals surface area (Å²) in [5, 5.41) is 32.1. The number of alkyl halides is 1. The summed E-state index contributed by atoms with van der Waals surface area (Å²) >= 11 is 3.38. The van der Waals surface area contributed by atoms with Crippen molar-refractivity contribution in [1.29, 1.82) is 5.26 Å². The predicted octanol–water partition coefficient (Wildman–Crippen LogP) is 4.04. The number of carboxylic acid groups (broad SMARTS) is 1. The van der Waals surface area contributed by atoms with Crippen LogP contribution in [0.2, 0.25) is 0 Å². The third-order valence-corrected chi connectivity index (χ3v) is 5.84. The summed E-state index contributed by atoms with van der Waals surface area (Å²) < 4.78 is 4.88. The number of benzene rings is 1. The molecular weight excluding hydrogens is 482 g/mol. The number of carbonyl (C=O) groups excluding carboxylic acids is 1. The summed E-state index contributed by atoms with van der Waals surface area (Å²) in [6.45, 7) is 2.02. The van der Waals surface area contributed by atoms with Crippen molar-refractivity contribution in [2.45, 2.75) is 38.6 Å². The highest BCUT2D eigenvalue weighted by Gasteiger charge is 2.39. The van der Waals surface area contributed by atoms with Crippen LogP contribution in [0.25, 0.3) is 5.57 Å². The Morgan fingerprint density at radius 2 is 2.00 bits per heavy atom. The number of ether oxygens (including phenoxy) is 1. The Morgan fingerprint density at radius 3 is 2.56 bits per heavy atom. The van der Waals surface area contributed by atoms with Crippen molar-refractivity contribution in [2.24, 2.45) is 0 Å². The number of carboxylic acids is 1. The second kappa shape index (κ2) is 11.4. The van der Waals surface area contributed by atoms with Gasteiger partial charge in [0.05, 0.1) is 23.6 Å². The minimum Gasteiger partial charge on any atom is -0.478 e. The summed E-state index contributed by atoms with van der Waals surface area (Å²) in [5.74, 6) is -2.15. The molecule has 0 aliphatic carbocycles. The number of nitrogens with zero attached hydrogens (tertiary/aromatic N) is 3. The van der Waals surface area contributed by atoms with Gasteiger partial charge >= 0.3 is 11.9 Å². The Balaban J connectivity index is 2.68. The maximum Gasteiger partial charge on any atom is 0.341 e. The number of nitro groups is 1. The quantitative estimate of drug-likeness (QED) is 0.165. The molecule has 1 heterocycles. The van der Waals surface area contributed by atoms with E-state index in [1.807, 2.05) is 6.07 Å². The fourth-order valence-electron chi connectivity index (χ4n) is 3.77. The van der Waals surface area contributed by atoms with E-state index in [4.69, 9.17) is 4.74 Å². The number of unbranched alkanes of at least 4 members (excludes halogenated alkanes) is 3. The summed E-state index contributed by atoms with van der Waals surface area (Å²) in [6, 6.07) is 6.64. The van der Waals surface area contributed by atoms with Gasteiger partial charge in [0.2, 0.25) is 0 Å². The molecule has 0 bridgehead atoms. The number of halogens is 1. The van der Waals surface area contributed by atoms with E-state index in [1.54, 1.807) is 11.8 Å². The first-order chi connectivity index (χ1) is 15.3. The molecule has 9 nitrogen and oxygen atoms in total. The standard InChI is InChI=1S/C22H24BrN3O6/c1-14-18(21(27)28)19(15-8-7-9-16(12-15)26(30)31)20(22(29)32-2)17(13-24)25(14)11-6-4-3-5-10-23/h7-9,12,14H,3-6,10-11H2,1-2H3,(H,27,28). The Labute approximate surface area is 194 Å². The molecule has 1 aromatic carbocycles. The Kier molecular flexibility index (Phi) is 8.96. The number of nitro benzene ring substituents is 1. The highest BCUT2D eigenvalue weighted by molar-refractivity contribution is 9.09. The third kappa shape index (κ3) is 5.34. The third-order valence-electron chi connectivity index (χ3n) is 5.28.